The van der Waals surface area contributed by atoms with Gasteiger partial charge in [-0.2, -0.15) is 5.10 Å². The van der Waals surface area contributed by atoms with Gasteiger partial charge in [0.2, 0.25) is 5.88 Å². The molecule has 0 unspecified atom stereocenters. The lowest BCUT2D eigenvalue weighted by Crippen LogP contribution is -2.24. The third-order valence-corrected chi connectivity index (χ3v) is 3.03. The number of rotatable bonds is 1. The van der Waals surface area contributed by atoms with Gasteiger partial charge in [-0.1, -0.05) is 0 Å². The molecule has 0 saturated carbocycles. The second kappa shape index (κ2) is 4.02. The van der Waals surface area contributed by atoms with E-state index in [1.165, 1.54) is 9.36 Å². The van der Waals surface area contributed by atoms with Crippen molar-refractivity contribution in [1.82, 2.24) is 19.1 Å². The molecule has 0 aliphatic carbocycles. The van der Waals surface area contributed by atoms with Crippen molar-refractivity contribution in [3.8, 4) is 11.6 Å². The zero-order chi connectivity index (χ0) is 12.7. The molecular formula is C11H14N4O3. The monoisotopic (exact) mass is 250 g/mol. The molecule has 1 N–H and O–H groups in total. The fourth-order valence-electron chi connectivity index (χ4n) is 2.16. The van der Waals surface area contributed by atoms with Crippen LogP contribution in [-0.2, 0) is 17.8 Å². The van der Waals surface area contributed by atoms with Gasteiger partial charge in [0.15, 0.2) is 5.69 Å². The van der Waals surface area contributed by atoms with Crippen molar-refractivity contribution in [1.29, 1.82) is 0 Å². The molecule has 0 spiro atoms. The van der Waals surface area contributed by atoms with Gasteiger partial charge in [0.25, 0.3) is 5.56 Å². The molecule has 7 heteroatoms. The van der Waals surface area contributed by atoms with E-state index in [4.69, 9.17) is 4.74 Å². The van der Waals surface area contributed by atoms with E-state index in [9.17, 15) is 9.90 Å². The second-order valence-electron chi connectivity index (χ2n) is 4.24. The summed E-state index contributed by atoms with van der Waals surface area (Å²) < 4.78 is 9.74. The number of ether oxygens (including phenoxy) is 1. The van der Waals surface area contributed by atoms with Crippen LogP contribution in [0.3, 0.4) is 0 Å². The highest BCUT2D eigenvalue weighted by molar-refractivity contribution is 5.39. The van der Waals surface area contributed by atoms with Crippen LogP contribution in [0.15, 0.2) is 17.1 Å². The molecule has 96 valence electrons. The second-order valence-corrected chi connectivity index (χ2v) is 4.24. The fraction of sp³-hybridized carbons (Fsp3) is 0.455. The summed E-state index contributed by atoms with van der Waals surface area (Å²) in [5.74, 6) is -0.0615. The first kappa shape index (κ1) is 11.1. The largest absolute Gasteiger partial charge is 0.492 e. The molecule has 0 amide bonds. The predicted molar refractivity (Wildman–Crippen MR) is 63.0 cm³/mol. The Hall–Kier alpha value is -2.02. The van der Waals surface area contributed by atoms with Gasteiger partial charge in [-0.05, 0) is 13.0 Å². The van der Waals surface area contributed by atoms with Crippen LogP contribution in [-0.4, -0.2) is 37.5 Å². The van der Waals surface area contributed by atoms with E-state index >= 15 is 0 Å². The Morgan fingerprint density at radius 2 is 2.06 bits per heavy atom. The highest BCUT2D eigenvalue weighted by atomic mass is 16.5. The van der Waals surface area contributed by atoms with Crippen LogP contribution in [0.25, 0.3) is 5.69 Å². The molecule has 7 nitrogen and oxygen atoms in total. The normalized spacial score (nSPS) is 15.4. The lowest BCUT2D eigenvalue weighted by molar-refractivity contribution is 0.137. The van der Waals surface area contributed by atoms with Crippen molar-refractivity contribution in [2.75, 3.05) is 13.2 Å². The van der Waals surface area contributed by atoms with Crippen molar-refractivity contribution in [2.24, 2.45) is 0 Å². The van der Waals surface area contributed by atoms with Crippen molar-refractivity contribution >= 4 is 0 Å². The van der Waals surface area contributed by atoms with E-state index in [1.807, 2.05) is 6.92 Å². The van der Waals surface area contributed by atoms with Crippen LogP contribution < -0.4 is 5.56 Å². The number of aryl methyl sites for hydroxylation is 1. The SMILES string of the molecule is Cc1ccn(-c2c(O)n3n(c2=O)CCOCC3)n1. The third kappa shape index (κ3) is 1.55. The average molecular weight is 250 g/mol. The van der Waals surface area contributed by atoms with Gasteiger partial charge in [0, 0.05) is 6.20 Å². The number of fused-ring (bicyclic) bond motifs is 1. The number of hydrogen-bond acceptors (Lipinski definition) is 4. The van der Waals surface area contributed by atoms with Gasteiger partial charge in [-0.3, -0.25) is 4.79 Å². The molecule has 0 radical (unpaired) electrons. The van der Waals surface area contributed by atoms with E-state index in [0.717, 1.165) is 5.69 Å². The molecular weight excluding hydrogens is 236 g/mol. The molecule has 2 aromatic heterocycles. The highest BCUT2D eigenvalue weighted by Crippen LogP contribution is 2.19. The summed E-state index contributed by atoms with van der Waals surface area (Å²) >= 11 is 0. The van der Waals surface area contributed by atoms with Crippen LogP contribution >= 0.6 is 0 Å². The van der Waals surface area contributed by atoms with Gasteiger partial charge < -0.3 is 9.84 Å². The Morgan fingerprint density at radius 3 is 2.72 bits per heavy atom. The quantitative estimate of drug-likeness (QED) is 0.765. The number of aromatic hydroxyl groups is 1. The van der Waals surface area contributed by atoms with Crippen LogP contribution in [0.1, 0.15) is 5.69 Å². The maximum absolute atomic E-state index is 12.3. The highest BCUT2D eigenvalue weighted by Gasteiger charge is 2.22. The van der Waals surface area contributed by atoms with Gasteiger partial charge >= 0.3 is 0 Å². The minimum atomic E-state index is -0.249. The first-order chi connectivity index (χ1) is 8.68. The molecule has 18 heavy (non-hydrogen) atoms. The number of nitrogens with zero attached hydrogens (tertiary/aromatic N) is 4. The Kier molecular flexibility index (Phi) is 2.48. The first-order valence-electron chi connectivity index (χ1n) is 5.81. The van der Waals surface area contributed by atoms with E-state index in [-0.39, 0.29) is 17.1 Å². The standard InChI is InChI=1S/C11H14N4O3/c1-8-2-3-13(12-8)9-10(16)14-4-6-18-7-5-15(14)11(9)17/h2-3,16H,4-7H2,1H3. The van der Waals surface area contributed by atoms with E-state index in [2.05, 4.69) is 5.10 Å². The molecule has 3 heterocycles. The molecule has 0 atom stereocenters. The van der Waals surface area contributed by atoms with Crippen LogP contribution in [0.5, 0.6) is 5.88 Å². The summed E-state index contributed by atoms with van der Waals surface area (Å²) in [6.45, 7) is 3.69. The van der Waals surface area contributed by atoms with Gasteiger partial charge in [0.1, 0.15) is 0 Å². The van der Waals surface area contributed by atoms with Gasteiger partial charge in [-0.25, -0.2) is 14.0 Å². The van der Waals surface area contributed by atoms with E-state index in [1.54, 1.807) is 16.9 Å². The maximum Gasteiger partial charge on any atom is 0.296 e. The molecule has 0 saturated heterocycles. The summed E-state index contributed by atoms with van der Waals surface area (Å²) in [5, 5.41) is 14.3. The molecule has 3 rings (SSSR count). The summed E-state index contributed by atoms with van der Waals surface area (Å²) in [6, 6.07) is 1.79. The van der Waals surface area contributed by atoms with Gasteiger partial charge in [-0.15, -0.1) is 0 Å². The average Bonchev–Trinajstić information content (AvgIpc) is 2.75. The Bertz CT molecular complexity index is 637. The minimum absolute atomic E-state index is 0.0615. The zero-order valence-corrected chi connectivity index (χ0v) is 10.0. The van der Waals surface area contributed by atoms with Crippen molar-refractivity contribution in [2.45, 2.75) is 20.0 Å². The summed E-state index contributed by atoms with van der Waals surface area (Å²) in [7, 11) is 0. The molecule has 0 aromatic carbocycles. The maximum atomic E-state index is 12.3. The van der Waals surface area contributed by atoms with Crippen molar-refractivity contribution in [3.63, 3.8) is 0 Å². The Balaban J connectivity index is 2.20. The van der Waals surface area contributed by atoms with Crippen LogP contribution in [0.2, 0.25) is 0 Å². The summed E-state index contributed by atoms with van der Waals surface area (Å²) in [4.78, 5) is 12.3. The predicted octanol–water partition coefficient (Wildman–Crippen LogP) is -0.120. The molecule has 1 aliphatic rings. The molecule has 1 aliphatic heterocycles. The summed E-state index contributed by atoms with van der Waals surface area (Å²) in [5.41, 5.74) is 0.745. The molecule has 2 aromatic rings. The number of aromatic nitrogens is 4. The topological polar surface area (TPSA) is 74.2 Å². The lowest BCUT2D eigenvalue weighted by atomic mass is 10.5. The minimum Gasteiger partial charge on any atom is -0.492 e. The number of hydrogen-bond donors (Lipinski definition) is 1. The fourth-order valence-corrected chi connectivity index (χ4v) is 2.16. The summed E-state index contributed by atoms with van der Waals surface area (Å²) in [6.07, 6.45) is 1.67. The smallest absolute Gasteiger partial charge is 0.296 e. The molecule has 0 bridgehead atoms. The van der Waals surface area contributed by atoms with Crippen molar-refractivity contribution in [3.05, 3.63) is 28.3 Å². The van der Waals surface area contributed by atoms with Crippen LogP contribution in [0.4, 0.5) is 0 Å². The van der Waals surface area contributed by atoms with Crippen LogP contribution in [0, 0.1) is 6.92 Å². The third-order valence-electron chi connectivity index (χ3n) is 3.03. The van der Waals surface area contributed by atoms with Gasteiger partial charge in [0.05, 0.1) is 32.0 Å². The Morgan fingerprint density at radius 1 is 1.33 bits per heavy atom. The Labute approximate surface area is 103 Å². The van der Waals surface area contributed by atoms with E-state index < -0.39 is 0 Å². The van der Waals surface area contributed by atoms with Crippen molar-refractivity contribution < 1.29 is 9.84 Å². The first-order valence-corrected chi connectivity index (χ1v) is 5.81. The van der Waals surface area contributed by atoms with E-state index in [0.29, 0.717) is 26.3 Å². The zero-order valence-electron chi connectivity index (χ0n) is 10.0. The molecule has 0 fully saturated rings. The lowest BCUT2D eigenvalue weighted by Gasteiger charge is -2.05.